The minimum Gasteiger partial charge on any atom is -0.461 e. The van der Waals surface area contributed by atoms with Crippen molar-refractivity contribution in [3.05, 3.63) is 34.9 Å². The second kappa shape index (κ2) is 8.18. The third-order valence-corrected chi connectivity index (χ3v) is 3.22. The summed E-state index contributed by atoms with van der Waals surface area (Å²) in [4.78, 5) is 11.8. The number of carbonyl (C=O) groups excluding carboxylic acids is 1. The van der Waals surface area contributed by atoms with Crippen LogP contribution in [0.1, 0.15) is 18.4 Å². The molecule has 0 amide bonds. The summed E-state index contributed by atoms with van der Waals surface area (Å²) in [5, 5.41) is 3.92. The van der Waals surface area contributed by atoms with Crippen molar-refractivity contribution < 1.29 is 9.53 Å². The Morgan fingerprint density at radius 2 is 1.89 bits per heavy atom. The van der Waals surface area contributed by atoms with E-state index in [9.17, 15) is 4.79 Å². The van der Waals surface area contributed by atoms with Gasteiger partial charge in [0.25, 0.3) is 0 Å². The van der Waals surface area contributed by atoms with E-state index in [0.29, 0.717) is 11.6 Å². The first kappa shape index (κ1) is 16.0. The van der Waals surface area contributed by atoms with Gasteiger partial charge in [-0.2, -0.15) is 0 Å². The number of esters is 1. The molecule has 93 valence electrons. The molecule has 1 fully saturated rings. The smallest absolute Gasteiger partial charge is 0.309 e. The van der Waals surface area contributed by atoms with Crippen LogP contribution in [0.3, 0.4) is 0 Å². The fourth-order valence-corrected chi connectivity index (χ4v) is 2.04. The molecule has 1 N–H and O–H groups in total. The summed E-state index contributed by atoms with van der Waals surface area (Å²) < 4.78 is 5.30. The van der Waals surface area contributed by atoms with E-state index in [1.165, 1.54) is 0 Å². The van der Waals surface area contributed by atoms with Crippen molar-refractivity contribution >= 4 is 47.1 Å². The Kier molecular flexibility index (Phi) is 7.27. The van der Waals surface area contributed by atoms with Gasteiger partial charge < -0.3 is 10.1 Å². The standard InChI is InChI=1S/C13H16ClNO2.Na/c14-12-3-1-10(2-4-12)9-17-13(16)11-5-7-15-8-6-11;/h1-4,11,15H,5-9H2;. The first-order valence-electron chi connectivity index (χ1n) is 5.87. The van der Waals surface area contributed by atoms with Crippen LogP contribution in [0.15, 0.2) is 24.3 Å². The molecular weight excluding hydrogens is 261 g/mol. The van der Waals surface area contributed by atoms with Crippen LogP contribution in [0.5, 0.6) is 0 Å². The van der Waals surface area contributed by atoms with Crippen LogP contribution < -0.4 is 5.32 Å². The summed E-state index contributed by atoms with van der Waals surface area (Å²) >= 11 is 5.78. The van der Waals surface area contributed by atoms with Crippen LogP contribution in [0.25, 0.3) is 0 Å². The largest absolute Gasteiger partial charge is 0.461 e. The van der Waals surface area contributed by atoms with Gasteiger partial charge in [-0.25, -0.2) is 0 Å². The number of nitrogens with one attached hydrogen (secondary N) is 1. The molecule has 1 saturated heterocycles. The molecule has 1 heterocycles. The molecule has 3 nitrogen and oxygen atoms in total. The van der Waals surface area contributed by atoms with Gasteiger partial charge in [0.05, 0.1) is 5.92 Å². The molecule has 0 bridgehead atoms. The van der Waals surface area contributed by atoms with Gasteiger partial charge >= 0.3 is 5.97 Å². The Balaban J connectivity index is 0.00000162. The van der Waals surface area contributed by atoms with Crippen molar-refractivity contribution in [1.82, 2.24) is 5.32 Å². The van der Waals surface area contributed by atoms with Crippen molar-refractivity contribution in [2.45, 2.75) is 19.4 Å². The Bertz CT molecular complexity index is 377. The van der Waals surface area contributed by atoms with Gasteiger partial charge in [-0.15, -0.1) is 0 Å². The molecule has 1 aromatic carbocycles. The van der Waals surface area contributed by atoms with Gasteiger partial charge in [-0.3, -0.25) is 4.79 Å². The van der Waals surface area contributed by atoms with Gasteiger partial charge in [0.2, 0.25) is 0 Å². The summed E-state index contributed by atoms with van der Waals surface area (Å²) in [6.45, 7) is 2.14. The molecular formula is C13H16ClNNaO2. The summed E-state index contributed by atoms with van der Waals surface area (Å²) in [6, 6.07) is 7.35. The monoisotopic (exact) mass is 276 g/mol. The molecule has 5 heteroatoms. The summed E-state index contributed by atoms with van der Waals surface area (Å²) in [5.74, 6) is -0.0231. The van der Waals surface area contributed by atoms with Crippen molar-refractivity contribution in [2.75, 3.05) is 13.1 Å². The van der Waals surface area contributed by atoms with E-state index in [1.807, 2.05) is 12.1 Å². The fourth-order valence-electron chi connectivity index (χ4n) is 1.91. The Labute approximate surface area is 135 Å². The predicted octanol–water partition coefficient (Wildman–Crippen LogP) is 2.00. The van der Waals surface area contributed by atoms with Crippen LogP contribution in [0, 0.1) is 5.92 Å². The second-order valence-electron chi connectivity index (χ2n) is 4.26. The van der Waals surface area contributed by atoms with Crippen LogP contribution >= 0.6 is 11.6 Å². The molecule has 0 atom stereocenters. The van der Waals surface area contributed by atoms with E-state index < -0.39 is 0 Å². The third-order valence-electron chi connectivity index (χ3n) is 2.97. The number of ether oxygens (including phenoxy) is 1. The zero-order chi connectivity index (χ0) is 12.1. The van der Waals surface area contributed by atoms with Crippen molar-refractivity contribution in [1.29, 1.82) is 0 Å². The first-order chi connectivity index (χ1) is 8.25. The maximum atomic E-state index is 11.8. The molecule has 2 rings (SSSR count). The zero-order valence-corrected chi connectivity index (χ0v) is 13.4. The Morgan fingerprint density at radius 3 is 2.50 bits per heavy atom. The number of carbonyl (C=O) groups is 1. The summed E-state index contributed by atoms with van der Waals surface area (Å²) in [6.07, 6.45) is 1.75. The van der Waals surface area contributed by atoms with Gasteiger partial charge in [-0.05, 0) is 43.6 Å². The molecule has 18 heavy (non-hydrogen) atoms. The van der Waals surface area contributed by atoms with E-state index in [2.05, 4.69) is 5.32 Å². The predicted molar refractivity (Wildman–Crippen MR) is 72.6 cm³/mol. The molecule has 1 aliphatic heterocycles. The number of benzene rings is 1. The topological polar surface area (TPSA) is 38.3 Å². The SMILES string of the molecule is O=C(OCc1ccc(Cl)cc1)C1CCNCC1.[Na]. The molecule has 0 aliphatic carbocycles. The van der Waals surface area contributed by atoms with Crippen molar-refractivity contribution in [3.8, 4) is 0 Å². The van der Waals surface area contributed by atoms with Crippen LogP contribution in [-0.2, 0) is 16.1 Å². The van der Waals surface area contributed by atoms with Crippen molar-refractivity contribution in [3.63, 3.8) is 0 Å². The van der Waals surface area contributed by atoms with Gasteiger partial charge in [0.15, 0.2) is 0 Å². The van der Waals surface area contributed by atoms with E-state index >= 15 is 0 Å². The second-order valence-corrected chi connectivity index (χ2v) is 4.69. The zero-order valence-electron chi connectivity index (χ0n) is 10.6. The molecule has 0 aromatic heterocycles. The Hall–Kier alpha value is -0.0600. The normalized spacial score (nSPS) is 15.8. The first-order valence-corrected chi connectivity index (χ1v) is 6.25. The van der Waals surface area contributed by atoms with E-state index in [-0.39, 0.29) is 41.4 Å². The molecule has 0 unspecified atom stereocenters. The van der Waals surface area contributed by atoms with Crippen LogP contribution in [-0.4, -0.2) is 48.6 Å². The van der Waals surface area contributed by atoms with Gasteiger partial charge in [0, 0.05) is 34.6 Å². The quantitative estimate of drug-likeness (QED) is 0.678. The minimum absolute atomic E-state index is 0. The number of rotatable bonds is 3. The number of piperidine rings is 1. The van der Waals surface area contributed by atoms with Crippen LogP contribution in [0.4, 0.5) is 0 Å². The average molecular weight is 277 g/mol. The molecule has 1 radical (unpaired) electrons. The number of hydrogen-bond donors (Lipinski definition) is 1. The molecule has 1 aromatic rings. The maximum Gasteiger partial charge on any atom is 0.309 e. The van der Waals surface area contributed by atoms with Crippen molar-refractivity contribution in [2.24, 2.45) is 5.92 Å². The van der Waals surface area contributed by atoms with Crippen LogP contribution in [0.2, 0.25) is 5.02 Å². The molecule has 0 saturated carbocycles. The minimum atomic E-state index is -0.0820. The van der Waals surface area contributed by atoms with Gasteiger partial charge in [-0.1, -0.05) is 23.7 Å². The fraction of sp³-hybridized carbons (Fsp3) is 0.462. The van der Waals surface area contributed by atoms with E-state index in [0.717, 1.165) is 31.5 Å². The Morgan fingerprint density at radius 1 is 1.28 bits per heavy atom. The van der Waals surface area contributed by atoms with E-state index in [1.54, 1.807) is 12.1 Å². The average Bonchev–Trinajstić information content (AvgIpc) is 2.39. The summed E-state index contributed by atoms with van der Waals surface area (Å²) in [5.41, 5.74) is 0.969. The molecule has 1 aliphatic rings. The van der Waals surface area contributed by atoms with E-state index in [4.69, 9.17) is 16.3 Å². The number of halogens is 1. The molecule has 0 spiro atoms. The number of hydrogen-bond acceptors (Lipinski definition) is 3. The third kappa shape index (κ3) is 4.90. The maximum absolute atomic E-state index is 11.8. The summed E-state index contributed by atoms with van der Waals surface area (Å²) in [7, 11) is 0. The van der Waals surface area contributed by atoms with Gasteiger partial charge in [0.1, 0.15) is 6.61 Å².